The SMILES string of the molecule is COC(=O)c1cc(-c2cc(OC)cc(OC)c2)n(Cc2ccccc2Cl)n1. The summed E-state index contributed by atoms with van der Waals surface area (Å²) in [5.74, 6) is 0.757. The van der Waals surface area contributed by atoms with Gasteiger partial charge in [0.1, 0.15) is 11.5 Å². The van der Waals surface area contributed by atoms with E-state index < -0.39 is 5.97 Å². The Hall–Kier alpha value is -2.99. The van der Waals surface area contributed by atoms with Gasteiger partial charge < -0.3 is 14.2 Å². The van der Waals surface area contributed by atoms with Crippen LogP contribution < -0.4 is 9.47 Å². The molecule has 0 fully saturated rings. The molecule has 2 aromatic carbocycles. The number of ether oxygens (including phenoxy) is 3. The Bertz CT molecular complexity index is 946. The molecule has 0 N–H and O–H groups in total. The molecule has 7 heteroatoms. The van der Waals surface area contributed by atoms with Crippen LogP contribution in [0.25, 0.3) is 11.3 Å². The van der Waals surface area contributed by atoms with E-state index in [1.165, 1.54) is 7.11 Å². The van der Waals surface area contributed by atoms with Crippen molar-refractivity contribution in [1.29, 1.82) is 0 Å². The van der Waals surface area contributed by atoms with Gasteiger partial charge >= 0.3 is 5.97 Å². The average molecular weight is 387 g/mol. The number of methoxy groups -OCH3 is 3. The highest BCUT2D eigenvalue weighted by Gasteiger charge is 2.18. The second-order valence-electron chi connectivity index (χ2n) is 5.76. The molecule has 0 bridgehead atoms. The molecule has 1 aromatic heterocycles. The topological polar surface area (TPSA) is 62.6 Å². The van der Waals surface area contributed by atoms with Crippen LogP contribution >= 0.6 is 11.6 Å². The third kappa shape index (κ3) is 4.06. The molecule has 140 valence electrons. The van der Waals surface area contributed by atoms with E-state index in [1.54, 1.807) is 31.0 Å². The van der Waals surface area contributed by atoms with Crippen molar-refractivity contribution in [3.05, 3.63) is 64.8 Å². The van der Waals surface area contributed by atoms with Gasteiger partial charge in [-0.1, -0.05) is 29.8 Å². The lowest BCUT2D eigenvalue weighted by atomic mass is 10.1. The molecule has 0 radical (unpaired) electrons. The maximum Gasteiger partial charge on any atom is 0.358 e. The highest BCUT2D eigenvalue weighted by Crippen LogP contribution is 2.31. The number of hydrogen-bond acceptors (Lipinski definition) is 5. The van der Waals surface area contributed by atoms with Gasteiger partial charge in [0.05, 0.1) is 33.6 Å². The van der Waals surface area contributed by atoms with E-state index in [-0.39, 0.29) is 5.69 Å². The first kappa shape index (κ1) is 18.8. The van der Waals surface area contributed by atoms with E-state index in [0.29, 0.717) is 28.8 Å². The minimum absolute atomic E-state index is 0.210. The van der Waals surface area contributed by atoms with Crippen LogP contribution in [0.4, 0.5) is 0 Å². The summed E-state index contributed by atoms with van der Waals surface area (Å²) in [4.78, 5) is 12.0. The molecule has 27 heavy (non-hydrogen) atoms. The highest BCUT2D eigenvalue weighted by molar-refractivity contribution is 6.31. The Morgan fingerprint density at radius 1 is 1.04 bits per heavy atom. The van der Waals surface area contributed by atoms with E-state index in [1.807, 2.05) is 36.4 Å². The zero-order valence-corrected chi connectivity index (χ0v) is 16.0. The van der Waals surface area contributed by atoms with Gasteiger partial charge in [0.15, 0.2) is 5.69 Å². The lowest BCUT2D eigenvalue weighted by Gasteiger charge is -2.11. The maximum atomic E-state index is 12.0. The van der Waals surface area contributed by atoms with Gasteiger partial charge in [-0.05, 0) is 29.8 Å². The summed E-state index contributed by atoms with van der Waals surface area (Å²) in [6.07, 6.45) is 0. The number of rotatable bonds is 6. The molecule has 0 aliphatic heterocycles. The molecule has 0 unspecified atom stereocenters. The number of aromatic nitrogens is 2. The lowest BCUT2D eigenvalue weighted by molar-refractivity contribution is 0.0593. The number of esters is 1. The summed E-state index contributed by atoms with van der Waals surface area (Å²) in [5.41, 5.74) is 2.60. The van der Waals surface area contributed by atoms with Gasteiger partial charge in [-0.2, -0.15) is 5.10 Å². The third-order valence-corrected chi connectivity index (χ3v) is 4.47. The van der Waals surface area contributed by atoms with Crippen molar-refractivity contribution in [2.45, 2.75) is 6.54 Å². The minimum Gasteiger partial charge on any atom is -0.497 e. The van der Waals surface area contributed by atoms with Crippen LogP contribution in [-0.2, 0) is 11.3 Å². The number of hydrogen-bond donors (Lipinski definition) is 0. The van der Waals surface area contributed by atoms with Crippen LogP contribution in [0.1, 0.15) is 16.1 Å². The minimum atomic E-state index is -0.510. The van der Waals surface area contributed by atoms with Gasteiger partial charge in [0, 0.05) is 16.7 Å². The second-order valence-corrected chi connectivity index (χ2v) is 6.16. The highest BCUT2D eigenvalue weighted by atomic mass is 35.5. The average Bonchev–Trinajstić information content (AvgIpc) is 3.12. The van der Waals surface area contributed by atoms with E-state index in [2.05, 4.69) is 5.10 Å². The lowest BCUT2D eigenvalue weighted by Crippen LogP contribution is -2.07. The third-order valence-electron chi connectivity index (χ3n) is 4.10. The molecule has 6 nitrogen and oxygen atoms in total. The van der Waals surface area contributed by atoms with E-state index in [9.17, 15) is 4.79 Å². The summed E-state index contributed by atoms with van der Waals surface area (Å²) in [5, 5.41) is 5.03. The van der Waals surface area contributed by atoms with Gasteiger partial charge in [-0.25, -0.2) is 4.79 Å². The van der Waals surface area contributed by atoms with Gasteiger partial charge in [0.2, 0.25) is 0 Å². The van der Waals surface area contributed by atoms with Crippen molar-refractivity contribution in [2.75, 3.05) is 21.3 Å². The van der Waals surface area contributed by atoms with Crippen molar-refractivity contribution in [3.63, 3.8) is 0 Å². The molecule has 0 saturated carbocycles. The van der Waals surface area contributed by atoms with Crippen molar-refractivity contribution in [2.24, 2.45) is 0 Å². The Morgan fingerprint density at radius 2 is 1.70 bits per heavy atom. The first-order valence-corrected chi connectivity index (χ1v) is 8.56. The van der Waals surface area contributed by atoms with E-state index >= 15 is 0 Å². The number of carbonyl (C=O) groups is 1. The molecule has 0 aliphatic rings. The monoisotopic (exact) mass is 386 g/mol. The zero-order valence-electron chi connectivity index (χ0n) is 15.2. The largest absolute Gasteiger partial charge is 0.497 e. The Labute approximate surface area is 162 Å². The Kier molecular flexibility index (Phi) is 5.66. The standard InChI is InChI=1S/C20H19ClN2O4/c1-25-15-8-14(9-16(10-15)26-2)19-11-18(20(24)27-3)22-23(19)12-13-6-4-5-7-17(13)21/h4-11H,12H2,1-3H3. The van der Waals surface area contributed by atoms with Crippen molar-refractivity contribution < 1.29 is 19.0 Å². The first-order valence-electron chi connectivity index (χ1n) is 8.18. The molecule has 0 aliphatic carbocycles. The summed E-state index contributed by atoms with van der Waals surface area (Å²) in [7, 11) is 4.49. The first-order chi connectivity index (χ1) is 13.0. The van der Waals surface area contributed by atoms with Crippen LogP contribution in [0.15, 0.2) is 48.5 Å². The van der Waals surface area contributed by atoms with Crippen molar-refractivity contribution in [3.8, 4) is 22.8 Å². The number of nitrogens with zero attached hydrogens (tertiary/aromatic N) is 2. The fourth-order valence-electron chi connectivity index (χ4n) is 2.72. The number of carbonyl (C=O) groups excluding carboxylic acids is 1. The van der Waals surface area contributed by atoms with Crippen molar-refractivity contribution >= 4 is 17.6 Å². The van der Waals surface area contributed by atoms with Crippen LogP contribution in [0.2, 0.25) is 5.02 Å². The molecule has 0 saturated heterocycles. The predicted octanol–water partition coefficient (Wildman–Crippen LogP) is 4.06. The predicted molar refractivity (Wildman–Crippen MR) is 103 cm³/mol. The molecular weight excluding hydrogens is 368 g/mol. The van der Waals surface area contributed by atoms with Crippen LogP contribution in [0.5, 0.6) is 11.5 Å². The quantitative estimate of drug-likeness (QED) is 0.598. The summed E-state index contributed by atoms with van der Waals surface area (Å²) in [6, 6.07) is 14.7. The molecule has 1 heterocycles. The van der Waals surface area contributed by atoms with Crippen LogP contribution in [0, 0.1) is 0 Å². The zero-order chi connectivity index (χ0) is 19.4. The van der Waals surface area contributed by atoms with Gasteiger partial charge in [-0.3, -0.25) is 4.68 Å². The summed E-state index contributed by atoms with van der Waals surface area (Å²) in [6.45, 7) is 0.394. The molecule has 3 rings (SSSR count). The molecule has 3 aromatic rings. The molecule has 0 atom stereocenters. The second kappa shape index (κ2) is 8.14. The van der Waals surface area contributed by atoms with Gasteiger partial charge in [0.25, 0.3) is 0 Å². The Morgan fingerprint density at radius 3 is 2.30 bits per heavy atom. The molecule has 0 spiro atoms. The summed E-state index contributed by atoms with van der Waals surface area (Å²) >= 11 is 6.29. The molecular formula is C20H19ClN2O4. The van der Waals surface area contributed by atoms with Gasteiger partial charge in [-0.15, -0.1) is 0 Å². The van der Waals surface area contributed by atoms with E-state index in [4.69, 9.17) is 25.8 Å². The number of benzene rings is 2. The fourth-order valence-corrected chi connectivity index (χ4v) is 2.91. The normalized spacial score (nSPS) is 10.5. The fraction of sp³-hybridized carbons (Fsp3) is 0.200. The summed E-state index contributed by atoms with van der Waals surface area (Å²) < 4.78 is 17.2. The maximum absolute atomic E-state index is 12.0. The van der Waals surface area contributed by atoms with Crippen LogP contribution in [-0.4, -0.2) is 37.1 Å². The Balaban J connectivity index is 2.12. The van der Waals surface area contributed by atoms with E-state index in [0.717, 1.165) is 11.1 Å². The smallest absolute Gasteiger partial charge is 0.358 e. The van der Waals surface area contributed by atoms with Crippen molar-refractivity contribution in [1.82, 2.24) is 9.78 Å². The van der Waals surface area contributed by atoms with Crippen LogP contribution in [0.3, 0.4) is 0 Å². The number of halogens is 1. The molecule has 0 amide bonds.